The van der Waals surface area contributed by atoms with Crippen molar-refractivity contribution in [2.75, 3.05) is 0 Å². The first-order chi connectivity index (χ1) is 12.3. The van der Waals surface area contributed by atoms with E-state index in [1.807, 2.05) is 60.7 Å². The van der Waals surface area contributed by atoms with Crippen LogP contribution in [-0.4, -0.2) is 11.5 Å². The van der Waals surface area contributed by atoms with Crippen molar-refractivity contribution in [3.05, 3.63) is 107 Å². The SMILES string of the molecule is Clc1ccc(C2CC(c3ccccc3)=NC(c3ccccc3)=N2)cc1. The van der Waals surface area contributed by atoms with Gasteiger partial charge in [0.2, 0.25) is 0 Å². The number of nitrogens with zero attached hydrogens (tertiary/aromatic N) is 2. The minimum Gasteiger partial charge on any atom is -0.258 e. The van der Waals surface area contributed by atoms with E-state index < -0.39 is 0 Å². The zero-order valence-corrected chi connectivity index (χ0v) is 14.4. The Hall–Kier alpha value is -2.71. The van der Waals surface area contributed by atoms with Gasteiger partial charge in [-0.3, -0.25) is 4.99 Å². The van der Waals surface area contributed by atoms with Crippen LogP contribution in [0.5, 0.6) is 0 Å². The van der Waals surface area contributed by atoms with Gasteiger partial charge in [0.1, 0.15) is 0 Å². The predicted molar refractivity (Wildman–Crippen MR) is 105 cm³/mol. The van der Waals surface area contributed by atoms with Crippen LogP contribution >= 0.6 is 11.6 Å². The van der Waals surface area contributed by atoms with Crippen molar-refractivity contribution in [3.63, 3.8) is 0 Å². The van der Waals surface area contributed by atoms with Gasteiger partial charge in [0.25, 0.3) is 0 Å². The van der Waals surface area contributed by atoms with Crippen LogP contribution in [0.2, 0.25) is 5.02 Å². The molecule has 0 aliphatic carbocycles. The molecule has 1 unspecified atom stereocenters. The average molecular weight is 345 g/mol. The van der Waals surface area contributed by atoms with Gasteiger partial charge in [-0.1, -0.05) is 84.4 Å². The number of hydrogen-bond acceptors (Lipinski definition) is 2. The molecule has 0 spiro atoms. The summed E-state index contributed by atoms with van der Waals surface area (Å²) in [4.78, 5) is 9.77. The summed E-state index contributed by atoms with van der Waals surface area (Å²) in [5.41, 5.74) is 4.40. The highest BCUT2D eigenvalue weighted by Crippen LogP contribution is 2.29. The van der Waals surface area contributed by atoms with Crippen LogP contribution in [0.25, 0.3) is 0 Å². The number of aliphatic imine (C=N–C) groups is 2. The van der Waals surface area contributed by atoms with Gasteiger partial charge in [0.05, 0.1) is 11.8 Å². The molecule has 2 nitrogen and oxygen atoms in total. The second-order valence-corrected chi connectivity index (χ2v) is 6.45. The quantitative estimate of drug-likeness (QED) is 0.580. The van der Waals surface area contributed by atoms with Crippen molar-refractivity contribution < 1.29 is 0 Å². The zero-order chi connectivity index (χ0) is 17.1. The minimum absolute atomic E-state index is 0.0418. The van der Waals surface area contributed by atoms with E-state index in [0.717, 1.165) is 39.7 Å². The fourth-order valence-electron chi connectivity index (χ4n) is 3.00. The van der Waals surface area contributed by atoms with Crippen molar-refractivity contribution in [1.82, 2.24) is 0 Å². The van der Waals surface area contributed by atoms with Gasteiger partial charge in [0.15, 0.2) is 5.84 Å². The van der Waals surface area contributed by atoms with Gasteiger partial charge in [-0.25, -0.2) is 4.99 Å². The molecule has 1 heterocycles. The lowest BCUT2D eigenvalue weighted by Crippen LogP contribution is -2.17. The highest BCUT2D eigenvalue weighted by molar-refractivity contribution is 6.30. The van der Waals surface area contributed by atoms with E-state index in [2.05, 4.69) is 24.3 Å². The molecule has 0 aromatic heterocycles. The normalized spacial score (nSPS) is 16.9. The number of amidine groups is 1. The lowest BCUT2D eigenvalue weighted by Gasteiger charge is -2.21. The smallest absolute Gasteiger partial charge is 0.155 e. The van der Waals surface area contributed by atoms with Gasteiger partial charge < -0.3 is 0 Å². The van der Waals surface area contributed by atoms with Crippen LogP contribution < -0.4 is 0 Å². The van der Waals surface area contributed by atoms with Gasteiger partial charge in [-0.2, -0.15) is 0 Å². The maximum Gasteiger partial charge on any atom is 0.155 e. The summed E-state index contributed by atoms with van der Waals surface area (Å²) >= 11 is 6.04. The minimum atomic E-state index is 0.0418. The molecule has 0 bridgehead atoms. The molecule has 0 amide bonds. The molecule has 0 saturated carbocycles. The van der Waals surface area contributed by atoms with E-state index in [0.29, 0.717) is 0 Å². The Morgan fingerprint density at radius 3 is 1.96 bits per heavy atom. The van der Waals surface area contributed by atoms with Gasteiger partial charge in [0, 0.05) is 17.0 Å². The predicted octanol–water partition coefficient (Wildman–Crippen LogP) is 5.72. The summed E-state index contributed by atoms with van der Waals surface area (Å²) in [5.74, 6) is 0.783. The third kappa shape index (κ3) is 3.54. The van der Waals surface area contributed by atoms with Gasteiger partial charge >= 0.3 is 0 Å². The number of benzene rings is 3. The molecule has 25 heavy (non-hydrogen) atoms. The van der Waals surface area contributed by atoms with Crippen molar-refractivity contribution in [2.24, 2.45) is 9.98 Å². The molecule has 1 aliphatic heterocycles. The van der Waals surface area contributed by atoms with Crippen LogP contribution in [0.15, 0.2) is 94.9 Å². The topological polar surface area (TPSA) is 24.7 Å². The van der Waals surface area contributed by atoms with Crippen molar-refractivity contribution in [3.8, 4) is 0 Å². The molecule has 3 aromatic carbocycles. The first-order valence-electron chi connectivity index (χ1n) is 8.31. The maximum atomic E-state index is 6.04. The first-order valence-corrected chi connectivity index (χ1v) is 8.69. The van der Waals surface area contributed by atoms with E-state index in [4.69, 9.17) is 21.6 Å². The van der Waals surface area contributed by atoms with Crippen LogP contribution in [0.4, 0.5) is 0 Å². The number of halogens is 1. The molecule has 0 N–H and O–H groups in total. The Labute approximate surface area is 152 Å². The summed E-state index contributed by atoms with van der Waals surface area (Å²) in [6.07, 6.45) is 0.780. The Balaban J connectivity index is 1.78. The molecule has 3 heteroatoms. The van der Waals surface area contributed by atoms with Crippen molar-refractivity contribution in [2.45, 2.75) is 12.5 Å². The Morgan fingerprint density at radius 2 is 1.32 bits per heavy atom. The van der Waals surface area contributed by atoms with E-state index >= 15 is 0 Å². The maximum absolute atomic E-state index is 6.04. The summed E-state index contributed by atoms with van der Waals surface area (Å²) in [6.45, 7) is 0. The summed E-state index contributed by atoms with van der Waals surface area (Å²) in [5, 5.41) is 0.740. The van der Waals surface area contributed by atoms with Crippen LogP contribution in [-0.2, 0) is 0 Å². The van der Waals surface area contributed by atoms with Crippen LogP contribution in [0.3, 0.4) is 0 Å². The van der Waals surface area contributed by atoms with Gasteiger partial charge in [-0.15, -0.1) is 0 Å². The highest BCUT2D eigenvalue weighted by atomic mass is 35.5. The Kier molecular flexibility index (Phi) is 4.45. The standard InChI is InChI=1S/C22H17ClN2/c23-19-13-11-17(12-14-19)21-15-20(16-7-3-1-4-8-16)24-22(25-21)18-9-5-2-6-10-18/h1-14,21H,15H2. The summed E-state index contributed by atoms with van der Waals surface area (Å²) in [6, 6.07) is 28.4. The fraction of sp³-hybridized carbons (Fsp3) is 0.0909. The highest BCUT2D eigenvalue weighted by Gasteiger charge is 2.21. The second-order valence-electron chi connectivity index (χ2n) is 6.01. The average Bonchev–Trinajstić information content (AvgIpc) is 2.69. The molecule has 0 fully saturated rings. The molecule has 3 aromatic rings. The monoisotopic (exact) mass is 344 g/mol. The lowest BCUT2D eigenvalue weighted by atomic mass is 9.96. The van der Waals surface area contributed by atoms with E-state index in [-0.39, 0.29) is 6.04 Å². The Morgan fingerprint density at radius 1 is 0.720 bits per heavy atom. The molecule has 1 aliphatic rings. The molecular weight excluding hydrogens is 328 g/mol. The van der Waals surface area contributed by atoms with Crippen molar-refractivity contribution in [1.29, 1.82) is 0 Å². The molecule has 1 atom stereocenters. The molecular formula is C22H17ClN2. The van der Waals surface area contributed by atoms with Crippen molar-refractivity contribution >= 4 is 23.1 Å². The summed E-state index contributed by atoms with van der Waals surface area (Å²) < 4.78 is 0. The van der Waals surface area contributed by atoms with E-state index in [1.54, 1.807) is 0 Å². The third-order valence-corrected chi connectivity index (χ3v) is 4.55. The fourth-order valence-corrected chi connectivity index (χ4v) is 3.12. The third-order valence-electron chi connectivity index (χ3n) is 4.30. The Bertz CT molecular complexity index is 913. The largest absolute Gasteiger partial charge is 0.258 e. The molecule has 0 saturated heterocycles. The number of rotatable bonds is 3. The first kappa shape index (κ1) is 15.8. The zero-order valence-electron chi connectivity index (χ0n) is 13.6. The number of hydrogen-bond donors (Lipinski definition) is 0. The van der Waals surface area contributed by atoms with Gasteiger partial charge in [-0.05, 0) is 23.3 Å². The van der Waals surface area contributed by atoms with Crippen LogP contribution in [0.1, 0.15) is 29.2 Å². The molecule has 0 radical (unpaired) electrons. The lowest BCUT2D eigenvalue weighted by molar-refractivity contribution is 0.753. The van der Waals surface area contributed by atoms with Crippen LogP contribution in [0, 0.1) is 0 Å². The second kappa shape index (κ2) is 7.04. The van der Waals surface area contributed by atoms with E-state index in [1.165, 1.54) is 0 Å². The molecule has 4 rings (SSSR count). The molecule has 122 valence electrons. The van der Waals surface area contributed by atoms with E-state index in [9.17, 15) is 0 Å². The summed E-state index contributed by atoms with van der Waals surface area (Å²) in [7, 11) is 0.